The van der Waals surface area contributed by atoms with E-state index in [1.54, 1.807) is 36.0 Å². The number of hydrogen-bond donors (Lipinski definition) is 2. The van der Waals surface area contributed by atoms with E-state index in [0.717, 1.165) is 21.3 Å². The Morgan fingerprint density at radius 1 is 1.17 bits per heavy atom. The van der Waals surface area contributed by atoms with Crippen molar-refractivity contribution in [2.24, 2.45) is 7.05 Å². The van der Waals surface area contributed by atoms with E-state index in [-0.39, 0.29) is 17.7 Å². The Labute approximate surface area is 181 Å². The lowest BCUT2D eigenvalue weighted by Crippen LogP contribution is -2.50. The molecule has 0 spiro atoms. The topological polar surface area (TPSA) is 76.0 Å². The predicted octanol–water partition coefficient (Wildman–Crippen LogP) is 4.03. The number of halogens is 2. The number of carbonyl (C=O) groups is 2. The maximum absolute atomic E-state index is 13.0. The first kappa shape index (κ1) is 19.7. The van der Waals surface area contributed by atoms with Crippen LogP contribution in [-0.4, -0.2) is 27.6 Å². The van der Waals surface area contributed by atoms with Crippen LogP contribution in [-0.2, 0) is 11.8 Å². The van der Waals surface area contributed by atoms with Gasteiger partial charge < -0.3 is 10.6 Å². The molecule has 0 unspecified atom stereocenters. The lowest BCUT2D eigenvalue weighted by molar-refractivity contribution is -0.118. The highest BCUT2D eigenvalue weighted by Gasteiger charge is 2.41. The van der Waals surface area contributed by atoms with E-state index in [0.29, 0.717) is 16.4 Å². The van der Waals surface area contributed by atoms with Crippen LogP contribution in [0.4, 0.5) is 5.82 Å². The quantitative estimate of drug-likeness (QED) is 0.603. The number of nitrogens with zero attached hydrogens (tertiary/aromatic N) is 2. The normalized spacial score (nSPS) is 18.1. The summed E-state index contributed by atoms with van der Waals surface area (Å²) in [4.78, 5) is 25.8. The van der Waals surface area contributed by atoms with Crippen LogP contribution < -0.4 is 10.6 Å². The van der Waals surface area contributed by atoms with Gasteiger partial charge in [0.25, 0.3) is 5.91 Å². The van der Waals surface area contributed by atoms with Crippen LogP contribution in [0, 0.1) is 6.92 Å². The van der Waals surface area contributed by atoms with Crippen molar-refractivity contribution in [3.63, 3.8) is 0 Å². The molecule has 1 aliphatic rings. The zero-order chi connectivity index (χ0) is 20.7. The molecular formula is C21H18BrClN4O2. The molecule has 2 amide bonds. The molecule has 2 atom stereocenters. The fourth-order valence-corrected chi connectivity index (χ4v) is 4.10. The molecule has 0 fully saturated rings. The standard InChI is InChI=1S/C21H18BrClN4O2/c1-11-16-17(12-3-7-14(22)8-4-12)18(21(29)25-19(16)27(2)26-11)24-20(28)13-5-9-15(23)10-6-13/h3-10,17-18H,1-2H3,(H,24,28)(H,25,29)/t17-,18+/m1/s1. The van der Waals surface area contributed by atoms with E-state index in [9.17, 15) is 9.59 Å². The fourth-order valence-electron chi connectivity index (χ4n) is 3.71. The number of aryl methyl sites for hydroxylation is 2. The van der Waals surface area contributed by atoms with E-state index in [4.69, 9.17) is 11.6 Å². The summed E-state index contributed by atoms with van der Waals surface area (Å²) in [5.74, 6) is -0.334. The highest BCUT2D eigenvalue weighted by molar-refractivity contribution is 9.10. The van der Waals surface area contributed by atoms with Crippen molar-refractivity contribution in [1.29, 1.82) is 0 Å². The van der Waals surface area contributed by atoms with Gasteiger partial charge >= 0.3 is 0 Å². The SMILES string of the molecule is Cc1nn(C)c2c1[C@@H](c1ccc(Br)cc1)[C@H](NC(=O)c1ccc(Cl)cc1)C(=O)N2. The van der Waals surface area contributed by atoms with Gasteiger partial charge in [-0.05, 0) is 48.9 Å². The molecule has 2 aromatic carbocycles. The second kappa shape index (κ2) is 7.65. The summed E-state index contributed by atoms with van der Waals surface area (Å²) >= 11 is 9.36. The number of nitrogens with one attached hydrogen (secondary N) is 2. The lowest BCUT2D eigenvalue weighted by Gasteiger charge is -2.32. The molecule has 0 aliphatic carbocycles. The molecule has 148 valence electrons. The number of fused-ring (bicyclic) bond motifs is 1. The molecule has 29 heavy (non-hydrogen) atoms. The molecule has 1 aliphatic heterocycles. The summed E-state index contributed by atoms with van der Waals surface area (Å²) in [6.07, 6.45) is 0. The summed E-state index contributed by atoms with van der Waals surface area (Å²) in [6, 6.07) is 13.5. The Morgan fingerprint density at radius 3 is 2.48 bits per heavy atom. The predicted molar refractivity (Wildman–Crippen MR) is 115 cm³/mol. The van der Waals surface area contributed by atoms with E-state index in [1.165, 1.54) is 0 Å². The highest BCUT2D eigenvalue weighted by Crippen LogP contribution is 2.39. The Bertz CT molecular complexity index is 1090. The third-order valence-electron chi connectivity index (χ3n) is 5.06. The van der Waals surface area contributed by atoms with Crippen LogP contribution in [0.25, 0.3) is 0 Å². The third kappa shape index (κ3) is 3.68. The Balaban J connectivity index is 1.77. The van der Waals surface area contributed by atoms with Crippen molar-refractivity contribution in [3.8, 4) is 0 Å². The smallest absolute Gasteiger partial charge is 0.251 e. The van der Waals surface area contributed by atoms with Crippen LogP contribution in [0.1, 0.15) is 33.1 Å². The number of carbonyl (C=O) groups excluding carboxylic acids is 2. The molecule has 0 saturated heterocycles. The molecule has 0 saturated carbocycles. The maximum Gasteiger partial charge on any atom is 0.251 e. The van der Waals surface area contributed by atoms with Crippen LogP contribution in [0.15, 0.2) is 53.0 Å². The van der Waals surface area contributed by atoms with Crippen LogP contribution in [0.5, 0.6) is 0 Å². The van der Waals surface area contributed by atoms with Gasteiger partial charge in [0.1, 0.15) is 11.9 Å². The number of aromatic nitrogens is 2. The first-order valence-electron chi connectivity index (χ1n) is 9.01. The number of anilines is 1. The van der Waals surface area contributed by atoms with E-state index in [1.807, 2.05) is 31.2 Å². The van der Waals surface area contributed by atoms with Crippen molar-refractivity contribution in [3.05, 3.63) is 80.4 Å². The lowest BCUT2D eigenvalue weighted by atomic mass is 9.82. The fraction of sp³-hybridized carbons (Fsp3) is 0.190. The number of hydrogen-bond acceptors (Lipinski definition) is 3. The molecule has 3 aromatic rings. The van der Waals surface area contributed by atoms with Gasteiger partial charge in [-0.15, -0.1) is 0 Å². The summed E-state index contributed by atoms with van der Waals surface area (Å²) < 4.78 is 2.59. The zero-order valence-corrected chi connectivity index (χ0v) is 18.1. The van der Waals surface area contributed by atoms with Gasteiger partial charge in [-0.3, -0.25) is 14.3 Å². The monoisotopic (exact) mass is 472 g/mol. The summed E-state index contributed by atoms with van der Waals surface area (Å²) in [7, 11) is 1.79. The minimum absolute atomic E-state index is 0.282. The van der Waals surface area contributed by atoms with Gasteiger partial charge in [0.15, 0.2) is 0 Å². The maximum atomic E-state index is 13.0. The highest BCUT2D eigenvalue weighted by atomic mass is 79.9. The molecule has 0 bridgehead atoms. The number of amides is 2. The van der Waals surface area contributed by atoms with Crippen molar-refractivity contribution in [2.75, 3.05) is 5.32 Å². The van der Waals surface area contributed by atoms with Gasteiger partial charge in [0.2, 0.25) is 5.91 Å². The second-order valence-corrected chi connectivity index (χ2v) is 8.30. The summed E-state index contributed by atoms with van der Waals surface area (Å²) in [5, 5.41) is 10.8. The average Bonchev–Trinajstić information content (AvgIpc) is 2.97. The largest absolute Gasteiger partial charge is 0.339 e. The minimum atomic E-state index is -0.783. The molecule has 2 heterocycles. The van der Waals surface area contributed by atoms with Gasteiger partial charge in [0, 0.05) is 33.6 Å². The van der Waals surface area contributed by atoms with Gasteiger partial charge in [-0.25, -0.2) is 0 Å². The molecule has 1 aromatic heterocycles. The Morgan fingerprint density at radius 2 is 1.83 bits per heavy atom. The molecule has 4 rings (SSSR count). The number of benzene rings is 2. The van der Waals surface area contributed by atoms with Crippen molar-refractivity contribution < 1.29 is 9.59 Å². The van der Waals surface area contributed by atoms with Crippen molar-refractivity contribution in [2.45, 2.75) is 18.9 Å². The molecule has 2 N–H and O–H groups in total. The van der Waals surface area contributed by atoms with E-state index < -0.39 is 6.04 Å². The second-order valence-electron chi connectivity index (χ2n) is 6.95. The Hall–Kier alpha value is -2.64. The Kier molecular flexibility index (Phi) is 5.19. The van der Waals surface area contributed by atoms with Crippen LogP contribution in [0.2, 0.25) is 5.02 Å². The van der Waals surface area contributed by atoms with E-state index >= 15 is 0 Å². The molecule has 8 heteroatoms. The zero-order valence-electron chi connectivity index (χ0n) is 15.7. The van der Waals surface area contributed by atoms with Crippen LogP contribution in [0.3, 0.4) is 0 Å². The van der Waals surface area contributed by atoms with Gasteiger partial charge in [-0.1, -0.05) is 39.7 Å². The molecule has 6 nitrogen and oxygen atoms in total. The van der Waals surface area contributed by atoms with Gasteiger partial charge in [-0.2, -0.15) is 5.10 Å². The first-order chi connectivity index (χ1) is 13.8. The first-order valence-corrected chi connectivity index (χ1v) is 10.2. The average molecular weight is 474 g/mol. The van der Waals surface area contributed by atoms with E-state index in [2.05, 4.69) is 31.7 Å². The van der Waals surface area contributed by atoms with Crippen LogP contribution >= 0.6 is 27.5 Å². The number of rotatable bonds is 3. The minimum Gasteiger partial charge on any atom is -0.339 e. The summed E-state index contributed by atoms with van der Waals surface area (Å²) in [6.45, 7) is 1.90. The molecule has 0 radical (unpaired) electrons. The molecular weight excluding hydrogens is 456 g/mol. The summed E-state index contributed by atoms with van der Waals surface area (Å²) in [5.41, 5.74) is 3.06. The van der Waals surface area contributed by atoms with Crippen molar-refractivity contribution >= 4 is 45.2 Å². The van der Waals surface area contributed by atoms with Crippen molar-refractivity contribution in [1.82, 2.24) is 15.1 Å². The third-order valence-corrected chi connectivity index (χ3v) is 5.84. The van der Waals surface area contributed by atoms with Gasteiger partial charge in [0.05, 0.1) is 5.69 Å².